The van der Waals surface area contributed by atoms with Crippen LogP contribution >= 0.6 is 7.92 Å². The van der Waals surface area contributed by atoms with Crippen LogP contribution in [0.15, 0.2) is 80.4 Å². The normalized spacial score (nSPS) is 11.4. The van der Waals surface area contributed by atoms with Crippen LogP contribution in [-0.2, 0) is 0 Å². The molecule has 0 radical (unpaired) electrons. The SMILES string of the molecule is c1coc(P(c2ccco2)c2cc3ccccc3o2)c1. The lowest BCUT2D eigenvalue weighted by Crippen LogP contribution is -2.17. The number of fused-ring (bicyclic) bond motifs is 1. The summed E-state index contributed by atoms with van der Waals surface area (Å²) in [5, 5.41) is 1.09. The number of benzene rings is 1. The lowest BCUT2D eigenvalue weighted by atomic mass is 10.3. The Hall–Kier alpha value is -2.25. The molecule has 0 N–H and O–H groups in total. The van der Waals surface area contributed by atoms with Gasteiger partial charge in [-0.1, -0.05) is 18.2 Å². The quantitative estimate of drug-likeness (QED) is 0.541. The Kier molecular flexibility index (Phi) is 2.71. The van der Waals surface area contributed by atoms with Crippen molar-refractivity contribution in [2.75, 3.05) is 0 Å². The van der Waals surface area contributed by atoms with Gasteiger partial charge in [-0.2, -0.15) is 0 Å². The van der Waals surface area contributed by atoms with Crippen molar-refractivity contribution in [3.63, 3.8) is 0 Å². The molecule has 0 fully saturated rings. The summed E-state index contributed by atoms with van der Waals surface area (Å²) in [5.74, 6) is 0. The average molecular weight is 282 g/mol. The van der Waals surface area contributed by atoms with Gasteiger partial charge in [0, 0.05) is 5.39 Å². The van der Waals surface area contributed by atoms with Gasteiger partial charge in [0.1, 0.15) is 30.0 Å². The van der Waals surface area contributed by atoms with Gasteiger partial charge >= 0.3 is 0 Å². The second-order valence-electron chi connectivity index (χ2n) is 4.36. The monoisotopic (exact) mass is 282 g/mol. The molecular weight excluding hydrogens is 271 g/mol. The molecule has 3 heterocycles. The van der Waals surface area contributed by atoms with Crippen molar-refractivity contribution in [2.45, 2.75) is 0 Å². The molecule has 3 nitrogen and oxygen atoms in total. The fourth-order valence-corrected chi connectivity index (χ4v) is 4.11. The molecule has 0 saturated heterocycles. The van der Waals surface area contributed by atoms with E-state index in [1.165, 1.54) is 0 Å². The van der Waals surface area contributed by atoms with E-state index in [2.05, 4.69) is 6.07 Å². The van der Waals surface area contributed by atoms with Crippen LogP contribution in [-0.4, -0.2) is 0 Å². The number of rotatable bonds is 3. The molecule has 4 aromatic rings. The van der Waals surface area contributed by atoms with Crippen molar-refractivity contribution < 1.29 is 13.3 Å². The Morgan fingerprint density at radius 1 is 0.700 bits per heavy atom. The summed E-state index contributed by atoms with van der Waals surface area (Å²) in [6, 6.07) is 17.7. The minimum Gasteiger partial charge on any atom is -0.464 e. The van der Waals surface area contributed by atoms with Gasteiger partial charge < -0.3 is 13.3 Å². The van der Waals surface area contributed by atoms with E-state index >= 15 is 0 Å². The van der Waals surface area contributed by atoms with Crippen molar-refractivity contribution in [1.29, 1.82) is 0 Å². The zero-order valence-electron chi connectivity index (χ0n) is 10.5. The predicted molar refractivity (Wildman–Crippen MR) is 79.5 cm³/mol. The van der Waals surface area contributed by atoms with Crippen LogP contribution in [0, 0.1) is 0 Å². The third-order valence-electron chi connectivity index (χ3n) is 3.09. The van der Waals surface area contributed by atoms with Gasteiger partial charge in [0.2, 0.25) is 0 Å². The highest BCUT2D eigenvalue weighted by Gasteiger charge is 2.25. The zero-order chi connectivity index (χ0) is 13.4. The first-order chi connectivity index (χ1) is 9.92. The highest BCUT2D eigenvalue weighted by atomic mass is 31.1. The third kappa shape index (κ3) is 1.87. The van der Waals surface area contributed by atoms with Crippen LogP contribution < -0.4 is 16.5 Å². The van der Waals surface area contributed by atoms with Gasteiger partial charge in [0.25, 0.3) is 0 Å². The van der Waals surface area contributed by atoms with E-state index in [9.17, 15) is 0 Å². The minimum absolute atomic E-state index is 0.869. The fraction of sp³-hybridized carbons (Fsp3) is 0. The molecule has 98 valence electrons. The first-order valence-electron chi connectivity index (χ1n) is 6.27. The molecule has 0 atom stereocenters. The van der Waals surface area contributed by atoms with E-state index in [1.807, 2.05) is 48.5 Å². The second-order valence-corrected chi connectivity index (χ2v) is 6.35. The summed E-state index contributed by atoms with van der Waals surface area (Å²) in [7, 11) is -0.919. The van der Waals surface area contributed by atoms with Gasteiger partial charge in [-0.25, -0.2) is 0 Å². The molecule has 0 saturated carbocycles. The maximum absolute atomic E-state index is 5.99. The first kappa shape index (κ1) is 11.6. The van der Waals surface area contributed by atoms with Gasteiger partial charge in [-0.3, -0.25) is 0 Å². The zero-order valence-corrected chi connectivity index (χ0v) is 11.4. The van der Waals surface area contributed by atoms with Crippen LogP contribution in [0.25, 0.3) is 11.0 Å². The number of furan rings is 3. The number of hydrogen-bond donors (Lipinski definition) is 0. The molecule has 0 bridgehead atoms. The Bertz CT molecular complexity index is 745. The average Bonchev–Trinajstić information content (AvgIpc) is 3.21. The molecule has 0 unspecified atom stereocenters. The predicted octanol–water partition coefficient (Wildman–Crippen LogP) is 3.38. The molecule has 4 heteroatoms. The molecule has 1 aromatic carbocycles. The topological polar surface area (TPSA) is 39.4 Å². The lowest BCUT2D eigenvalue weighted by molar-refractivity contribution is 0.591. The molecular formula is C16H11O3P. The maximum atomic E-state index is 5.99. The molecule has 0 aliphatic rings. The first-order valence-corrected chi connectivity index (χ1v) is 7.62. The Labute approximate surface area is 116 Å². The second kappa shape index (κ2) is 4.69. The molecule has 4 rings (SSSR count). The lowest BCUT2D eigenvalue weighted by Gasteiger charge is -2.08. The van der Waals surface area contributed by atoms with Crippen molar-refractivity contribution in [2.24, 2.45) is 0 Å². The smallest absolute Gasteiger partial charge is 0.142 e. The van der Waals surface area contributed by atoms with E-state index in [0.29, 0.717) is 0 Å². The van der Waals surface area contributed by atoms with Crippen LogP contribution in [0.5, 0.6) is 0 Å². The molecule has 0 aliphatic heterocycles. The largest absolute Gasteiger partial charge is 0.464 e. The maximum Gasteiger partial charge on any atom is 0.142 e. The molecule has 0 aliphatic carbocycles. The van der Waals surface area contributed by atoms with Crippen molar-refractivity contribution in [3.05, 3.63) is 67.1 Å². The van der Waals surface area contributed by atoms with E-state index in [0.717, 1.165) is 27.5 Å². The van der Waals surface area contributed by atoms with Crippen LogP contribution in [0.2, 0.25) is 0 Å². The Morgan fingerprint density at radius 3 is 2.00 bits per heavy atom. The summed E-state index contributed by atoms with van der Waals surface area (Å²) in [5.41, 5.74) is 3.50. The summed E-state index contributed by atoms with van der Waals surface area (Å²) < 4.78 is 17.1. The highest BCUT2D eigenvalue weighted by Crippen LogP contribution is 2.35. The Morgan fingerprint density at radius 2 is 1.40 bits per heavy atom. The van der Waals surface area contributed by atoms with Gasteiger partial charge in [0.05, 0.1) is 12.5 Å². The summed E-state index contributed by atoms with van der Waals surface area (Å²) >= 11 is 0. The van der Waals surface area contributed by atoms with E-state index < -0.39 is 7.92 Å². The van der Waals surface area contributed by atoms with E-state index in [4.69, 9.17) is 13.3 Å². The molecule has 3 aromatic heterocycles. The third-order valence-corrected chi connectivity index (χ3v) is 5.14. The molecule has 0 spiro atoms. The number of hydrogen-bond acceptors (Lipinski definition) is 3. The van der Waals surface area contributed by atoms with Gasteiger partial charge in [-0.15, -0.1) is 0 Å². The van der Waals surface area contributed by atoms with Crippen molar-refractivity contribution in [3.8, 4) is 0 Å². The van der Waals surface area contributed by atoms with E-state index in [-0.39, 0.29) is 0 Å². The van der Waals surface area contributed by atoms with Gasteiger partial charge in [0.15, 0.2) is 0 Å². The van der Waals surface area contributed by atoms with Gasteiger partial charge in [-0.05, 0) is 36.4 Å². The van der Waals surface area contributed by atoms with Crippen molar-refractivity contribution in [1.82, 2.24) is 0 Å². The van der Waals surface area contributed by atoms with Crippen LogP contribution in [0.4, 0.5) is 0 Å². The minimum atomic E-state index is -0.919. The summed E-state index contributed by atoms with van der Waals surface area (Å²) in [4.78, 5) is 0. The Balaban J connectivity index is 1.90. The summed E-state index contributed by atoms with van der Waals surface area (Å²) in [6.07, 6.45) is 3.35. The van der Waals surface area contributed by atoms with Crippen LogP contribution in [0.1, 0.15) is 0 Å². The fourth-order valence-electron chi connectivity index (χ4n) is 2.20. The summed E-state index contributed by atoms with van der Waals surface area (Å²) in [6.45, 7) is 0. The molecule has 0 amide bonds. The number of para-hydroxylation sites is 1. The highest BCUT2D eigenvalue weighted by molar-refractivity contribution is 7.78. The molecule has 20 heavy (non-hydrogen) atoms. The van der Waals surface area contributed by atoms with Crippen molar-refractivity contribution >= 4 is 35.4 Å². The van der Waals surface area contributed by atoms with Crippen LogP contribution in [0.3, 0.4) is 0 Å². The standard InChI is InChI=1S/C16H11O3P/c1-2-6-13-12(5-1)11-16(19-13)20(14-7-3-9-17-14)15-8-4-10-18-15/h1-11H. The van der Waals surface area contributed by atoms with E-state index in [1.54, 1.807) is 12.5 Å².